The van der Waals surface area contributed by atoms with Gasteiger partial charge in [-0.15, -0.1) is 0 Å². The van der Waals surface area contributed by atoms with Crippen molar-refractivity contribution in [2.75, 3.05) is 7.11 Å². The average Bonchev–Trinajstić information content (AvgIpc) is 2.49. The van der Waals surface area contributed by atoms with Gasteiger partial charge in [0.2, 0.25) is 11.6 Å². The fourth-order valence-electron chi connectivity index (χ4n) is 1.42. The number of aromatic hydroxyl groups is 1. The molecule has 23 heavy (non-hydrogen) atoms. The van der Waals surface area contributed by atoms with Gasteiger partial charge in [0, 0.05) is 29.1 Å². The van der Waals surface area contributed by atoms with Crippen molar-refractivity contribution < 1.29 is 36.2 Å². The van der Waals surface area contributed by atoms with Crippen LogP contribution in [0.4, 0.5) is 26.3 Å². The summed E-state index contributed by atoms with van der Waals surface area (Å²) in [7, 11) is 1.14. The Hall–Kier alpha value is -1.90. The predicted octanol–water partition coefficient (Wildman–Crippen LogP) is 4.82. The van der Waals surface area contributed by atoms with E-state index in [0.29, 0.717) is 12.1 Å². The molecular weight excluding hydrogens is 394 g/mol. The molecule has 0 spiro atoms. The van der Waals surface area contributed by atoms with Crippen molar-refractivity contribution in [3.05, 3.63) is 58.7 Å². The standard InChI is InChI=1S/C8H6BrF3O.C6H3F3O/c1-13-6-2-5(10)4(3-9)7(11)8(6)12;7-3-1-4(8)6(9)5(10)2-3/h2H,3H2,1H3;1-2,10H. The average molecular weight is 403 g/mol. The van der Waals surface area contributed by atoms with E-state index in [1.165, 1.54) is 0 Å². The van der Waals surface area contributed by atoms with E-state index in [4.69, 9.17) is 5.11 Å². The molecule has 2 aromatic rings. The number of alkyl halides is 1. The third-order valence-corrected chi connectivity index (χ3v) is 3.11. The second kappa shape index (κ2) is 8.09. The van der Waals surface area contributed by atoms with Crippen molar-refractivity contribution in [2.24, 2.45) is 0 Å². The minimum atomic E-state index is -1.43. The quantitative estimate of drug-likeness (QED) is 0.443. The molecule has 0 fully saturated rings. The van der Waals surface area contributed by atoms with Crippen LogP contribution >= 0.6 is 15.9 Å². The van der Waals surface area contributed by atoms with Gasteiger partial charge in [0.25, 0.3) is 0 Å². The van der Waals surface area contributed by atoms with Crippen LogP contribution in [-0.2, 0) is 5.33 Å². The lowest BCUT2D eigenvalue weighted by molar-refractivity contribution is 0.364. The van der Waals surface area contributed by atoms with Gasteiger partial charge in [0.1, 0.15) is 11.6 Å². The molecule has 0 amide bonds. The fourth-order valence-corrected chi connectivity index (χ4v) is 1.94. The molecule has 0 bridgehead atoms. The van der Waals surface area contributed by atoms with Gasteiger partial charge in [-0.05, 0) is 0 Å². The zero-order valence-corrected chi connectivity index (χ0v) is 13.0. The lowest BCUT2D eigenvalue weighted by Crippen LogP contribution is -2.00. The van der Waals surface area contributed by atoms with Crippen molar-refractivity contribution in [3.63, 3.8) is 0 Å². The molecule has 0 unspecified atom stereocenters. The third-order valence-electron chi connectivity index (χ3n) is 2.55. The smallest absolute Gasteiger partial charge is 0.201 e. The van der Waals surface area contributed by atoms with E-state index in [9.17, 15) is 26.3 Å². The van der Waals surface area contributed by atoms with E-state index in [1.54, 1.807) is 0 Å². The zero-order valence-electron chi connectivity index (χ0n) is 11.4. The third kappa shape index (κ3) is 4.54. The van der Waals surface area contributed by atoms with Gasteiger partial charge in [0.15, 0.2) is 23.1 Å². The molecule has 1 N–H and O–H groups in total. The molecule has 126 valence electrons. The Morgan fingerprint density at radius 2 is 1.52 bits per heavy atom. The van der Waals surface area contributed by atoms with E-state index < -0.39 is 46.4 Å². The maximum Gasteiger partial charge on any atom is 0.201 e. The molecule has 0 aliphatic heterocycles. The highest BCUT2D eigenvalue weighted by molar-refractivity contribution is 9.08. The molecule has 0 aliphatic rings. The number of hydrogen-bond donors (Lipinski definition) is 1. The normalized spacial score (nSPS) is 10.1. The summed E-state index contributed by atoms with van der Waals surface area (Å²) in [6.45, 7) is 0. The molecule has 2 nitrogen and oxygen atoms in total. The second-order valence-corrected chi connectivity index (χ2v) is 4.58. The fraction of sp³-hybridized carbons (Fsp3) is 0.143. The SMILES string of the molecule is COc1cc(F)c(CBr)c(F)c1F.Oc1cc(F)cc(F)c1F. The number of phenols is 1. The molecule has 0 saturated carbocycles. The Morgan fingerprint density at radius 1 is 0.913 bits per heavy atom. The molecule has 0 aromatic heterocycles. The van der Waals surface area contributed by atoms with Crippen molar-refractivity contribution in [1.82, 2.24) is 0 Å². The van der Waals surface area contributed by atoms with Crippen LogP contribution in [0, 0.1) is 34.9 Å². The van der Waals surface area contributed by atoms with E-state index >= 15 is 0 Å². The van der Waals surface area contributed by atoms with Gasteiger partial charge >= 0.3 is 0 Å². The van der Waals surface area contributed by atoms with Crippen molar-refractivity contribution in [1.29, 1.82) is 0 Å². The number of methoxy groups -OCH3 is 1. The van der Waals surface area contributed by atoms with E-state index in [0.717, 1.165) is 13.2 Å². The Labute approximate surface area is 135 Å². The number of phenolic OH excluding ortho intramolecular Hbond substituents is 1. The number of ether oxygens (including phenoxy) is 1. The van der Waals surface area contributed by atoms with Gasteiger partial charge in [0.05, 0.1) is 7.11 Å². The van der Waals surface area contributed by atoms with E-state index in [1.807, 2.05) is 0 Å². The van der Waals surface area contributed by atoms with Crippen molar-refractivity contribution >= 4 is 15.9 Å². The first-order chi connectivity index (χ1) is 10.7. The highest BCUT2D eigenvalue weighted by Gasteiger charge is 2.18. The molecule has 0 atom stereocenters. The Morgan fingerprint density at radius 3 is 2.00 bits per heavy atom. The maximum absolute atomic E-state index is 13.0. The van der Waals surface area contributed by atoms with Crippen LogP contribution in [0.3, 0.4) is 0 Å². The molecule has 9 heteroatoms. The summed E-state index contributed by atoms with van der Waals surface area (Å²) in [4.78, 5) is 0. The molecule has 2 rings (SSSR count). The first kappa shape index (κ1) is 19.1. The van der Waals surface area contributed by atoms with Crippen molar-refractivity contribution in [3.8, 4) is 11.5 Å². The van der Waals surface area contributed by atoms with Gasteiger partial charge in [-0.1, -0.05) is 15.9 Å². The Kier molecular flexibility index (Phi) is 6.74. The molecule has 0 radical (unpaired) electrons. The maximum atomic E-state index is 13.0. The molecule has 2 aromatic carbocycles. The molecule has 0 saturated heterocycles. The van der Waals surface area contributed by atoms with E-state index in [-0.39, 0.29) is 10.9 Å². The van der Waals surface area contributed by atoms with Crippen LogP contribution in [0.15, 0.2) is 18.2 Å². The van der Waals surface area contributed by atoms with Gasteiger partial charge in [-0.3, -0.25) is 0 Å². The lowest BCUT2D eigenvalue weighted by atomic mass is 10.2. The van der Waals surface area contributed by atoms with Gasteiger partial charge in [-0.2, -0.15) is 8.78 Å². The number of hydrogen-bond acceptors (Lipinski definition) is 2. The Balaban J connectivity index is 0.000000238. The first-order valence-corrected chi connectivity index (χ1v) is 6.94. The molecule has 0 heterocycles. The second-order valence-electron chi connectivity index (χ2n) is 4.02. The summed E-state index contributed by atoms with van der Waals surface area (Å²) < 4.78 is 79.6. The van der Waals surface area contributed by atoms with Crippen LogP contribution in [0.25, 0.3) is 0 Å². The summed E-state index contributed by atoms with van der Waals surface area (Å²) in [5.41, 5.74) is -0.335. The number of rotatable bonds is 2. The lowest BCUT2D eigenvalue weighted by Gasteiger charge is -2.06. The minimum Gasteiger partial charge on any atom is -0.505 e. The van der Waals surface area contributed by atoms with Gasteiger partial charge < -0.3 is 9.84 Å². The minimum absolute atomic E-state index is 0.0778. The summed E-state index contributed by atoms with van der Waals surface area (Å²) in [6.07, 6.45) is 0. The summed E-state index contributed by atoms with van der Waals surface area (Å²) in [6, 6.07) is 1.67. The van der Waals surface area contributed by atoms with Crippen LogP contribution in [0.2, 0.25) is 0 Å². The largest absolute Gasteiger partial charge is 0.505 e. The topological polar surface area (TPSA) is 29.5 Å². The van der Waals surface area contributed by atoms with Crippen molar-refractivity contribution in [2.45, 2.75) is 5.33 Å². The molecule has 0 aliphatic carbocycles. The van der Waals surface area contributed by atoms with Crippen LogP contribution in [-0.4, -0.2) is 12.2 Å². The zero-order chi connectivity index (χ0) is 17.7. The highest BCUT2D eigenvalue weighted by Crippen LogP contribution is 2.26. The number of benzene rings is 2. The monoisotopic (exact) mass is 402 g/mol. The Bertz CT molecular complexity index is 685. The first-order valence-electron chi connectivity index (χ1n) is 5.82. The summed E-state index contributed by atoms with van der Waals surface area (Å²) in [5.74, 6) is -8.48. The number of halogens is 7. The predicted molar refractivity (Wildman–Crippen MR) is 73.5 cm³/mol. The highest BCUT2D eigenvalue weighted by atomic mass is 79.9. The summed E-state index contributed by atoms with van der Waals surface area (Å²) >= 11 is 2.85. The molecular formula is C14H9BrF6O2. The van der Waals surface area contributed by atoms with Crippen LogP contribution < -0.4 is 4.74 Å². The van der Waals surface area contributed by atoms with Gasteiger partial charge in [-0.25, -0.2) is 17.6 Å². The van der Waals surface area contributed by atoms with E-state index in [2.05, 4.69) is 20.7 Å². The summed E-state index contributed by atoms with van der Waals surface area (Å²) in [5, 5.41) is 8.35. The van der Waals surface area contributed by atoms with Crippen LogP contribution in [0.5, 0.6) is 11.5 Å². The van der Waals surface area contributed by atoms with Crippen LogP contribution in [0.1, 0.15) is 5.56 Å².